The van der Waals surface area contributed by atoms with Gasteiger partial charge in [0.1, 0.15) is 0 Å². The molecule has 0 spiro atoms. The first kappa shape index (κ1) is 19.5. The Kier molecular flexibility index (Phi) is 6.01. The molecule has 2 aliphatic rings. The maximum Gasteiger partial charge on any atom is 0.262 e. The van der Waals surface area contributed by atoms with Crippen molar-refractivity contribution in [1.82, 2.24) is 14.5 Å². The Morgan fingerprint density at radius 2 is 2.11 bits per heavy atom. The van der Waals surface area contributed by atoms with E-state index in [0.29, 0.717) is 34.4 Å². The number of ether oxygens (including phenoxy) is 1. The average molecular weight is 402 g/mol. The van der Waals surface area contributed by atoms with Gasteiger partial charge in [0.05, 0.1) is 29.3 Å². The van der Waals surface area contributed by atoms with E-state index in [9.17, 15) is 9.59 Å². The molecule has 2 saturated heterocycles. The number of piperidine rings is 1. The zero-order chi connectivity index (χ0) is 19.5. The molecule has 1 aromatic carbocycles. The lowest BCUT2D eigenvalue weighted by Gasteiger charge is -2.33. The number of thioether (sulfide) groups is 1. The molecule has 7 heteroatoms. The number of fused-ring (bicyclic) bond motifs is 1. The number of rotatable bonds is 5. The van der Waals surface area contributed by atoms with E-state index in [1.165, 1.54) is 18.2 Å². The third-order valence-electron chi connectivity index (χ3n) is 5.68. The second-order valence-electron chi connectivity index (χ2n) is 7.68. The number of likely N-dealkylation sites (tertiary alicyclic amines) is 1. The van der Waals surface area contributed by atoms with Gasteiger partial charge in [-0.1, -0.05) is 23.9 Å². The molecule has 3 heterocycles. The summed E-state index contributed by atoms with van der Waals surface area (Å²) in [5.41, 5.74) is 0.625. The summed E-state index contributed by atoms with van der Waals surface area (Å²) in [6.07, 6.45) is 5.33. The van der Waals surface area contributed by atoms with Crippen molar-refractivity contribution in [3.63, 3.8) is 0 Å². The monoisotopic (exact) mass is 401 g/mol. The second-order valence-corrected chi connectivity index (χ2v) is 8.63. The lowest BCUT2D eigenvalue weighted by Crippen LogP contribution is -2.43. The summed E-state index contributed by atoms with van der Waals surface area (Å²) in [6.45, 7) is 4.18. The molecular weight excluding hydrogens is 374 g/mol. The van der Waals surface area contributed by atoms with E-state index in [-0.39, 0.29) is 17.6 Å². The molecule has 0 bridgehead atoms. The molecule has 2 fully saturated rings. The van der Waals surface area contributed by atoms with Crippen LogP contribution in [-0.4, -0.2) is 51.4 Å². The summed E-state index contributed by atoms with van der Waals surface area (Å²) >= 11 is 1.37. The van der Waals surface area contributed by atoms with Crippen LogP contribution in [0.1, 0.15) is 39.0 Å². The summed E-state index contributed by atoms with van der Waals surface area (Å²) in [4.78, 5) is 32.5. The standard InChI is InChI=1S/C21H27N3O3S/c1-15-7-4-5-11-23(15)19(25)14-28-21-22-18-10-3-2-9-17(18)20(26)24(21)13-16-8-6-12-27-16/h2-3,9-10,15-16H,4-8,11-14H2,1H3/t15-,16-/m1/s1. The Hall–Kier alpha value is -1.86. The highest BCUT2D eigenvalue weighted by Crippen LogP contribution is 2.23. The molecule has 150 valence electrons. The van der Waals surface area contributed by atoms with Gasteiger partial charge < -0.3 is 9.64 Å². The van der Waals surface area contributed by atoms with Gasteiger partial charge in [0.25, 0.3) is 5.56 Å². The number of para-hydroxylation sites is 1. The van der Waals surface area contributed by atoms with Gasteiger partial charge in [0, 0.05) is 19.2 Å². The van der Waals surface area contributed by atoms with Crippen LogP contribution < -0.4 is 5.56 Å². The molecule has 1 aromatic heterocycles. The molecule has 0 unspecified atom stereocenters. The number of amides is 1. The predicted octanol–water partition coefficient (Wildman–Crippen LogP) is 3.07. The van der Waals surface area contributed by atoms with Crippen LogP contribution in [0.2, 0.25) is 0 Å². The number of hydrogen-bond donors (Lipinski definition) is 0. The minimum atomic E-state index is -0.0533. The van der Waals surface area contributed by atoms with Crippen molar-refractivity contribution in [2.45, 2.75) is 62.9 Å². The fraction of sp³-hybridized carbons (Fsp3) is 0.571. The van der Waals surface area contributed by atoms with Gasteiger partial charge in [0.15, 0.2) is 5.16 Å². The average Bonchev–Trinajstić information content (AvgIpc) is 3.22. The van der Waals surface area contributed by atoms with E-state index in [1.807, 2.05) is 29.2 Å². The van der Waals surface area contributed by atoms with Crippen LogP contribution in [0, 0.1) is 0 Å². The summed E-state index contributed by atoms with van der Waals surface area (Å²) in [5.74, 6) is 0.434. The zero-order valence-electron chi connectivity index (χ0n) is 16.3. The summed E-state index contributed by atoms with van der Waals surface area (Å²) in [6, 6.07) is 7.70. The molecule has 4 rings (SSSR count). The van der Waals surface area contributed by atoms with Crippen molar-refractivity contribution in [3.05, 3.63) is 34.6 Å². The second kappa shape index (κ2) is 8.66. The Labute approximate surface area is 169 Å². The molecule has 1 amide bonds. The van der Waals surface area contributed by atoms with Crippen LogP contribution >= 0.6 is 11.8 Å². The molecule has 6 nitrogen and oxygen atoms in total. The Morgan fingerprint density at radius 1 is 1.25 bits per heavy atom. The minimum Gasteiger partial charge on any atom is -0.376 e. The number of carbonyl (C=O) groups excluding carboxylic acids is 1. The fourth-order valence-electron chi connectivity index (χ4n) is 4.09. The van der Waals surface area contributed by atoms with Crippen LogP contribution in [0.25, 0.3) is 10.9 Å². The number of carbonyl (C=O) groups is 1. The highest BCUT2D eigenvalue weighted by molar-refractivity contribution is 7.99. The van der Waals surface area contributed by atoms with Crippen molar-refractivity contribution in [2.75, 3.05) is 18.9 Å². The third-order valence-corrected chi connectivity index (χ3v) is 6.65. The summed E-state index contributed by atoms with van der Waals surface area (Å²) < 4.78 is 7.45. The molecule has 28 heavy (non-hydrogen) atoms. The quantitative estimate of drug-likeness (QED) is 0.569. The zero-order valence-corrected chi connectivity index (χ0v) is 17.1. The Bertz CT molecular complexity index is 907. The number of hydrogen-bond acceptors (Lipinski definition) is 5. The largest absolute Gasteiger partial charge is 0.376 e. The third kappa shape index (κ3) is 4.10. The van der Waals surface area contributed by atoms with E-state index < -0.39 is 0 Å². The van der Waals surface area contributed by atoms with Crippen LogP contribution in [0.4, 0.5) is 0 Å². The van der Waals surface area contributed by atoms with Crippen molar-refractivity contribution >= 4 is 28.6 Å². The Morgan fingerprint density at radius 3 is 2.89 bits per heavy atom. The number of benzene rings is 1. The SMILES string of the molecule is C[C@@H]1CCCCN1C(=O)CSc1nc2ccccc2c(=O)n1C[C@H]1CCCO1. The summed E-state index contributed by atoms with van der Waals surface area (Å²) in [5, 5.41) is 1.22. The highest BCUT2D eigenvalue weighted by Gasteiger charge is 2.25. The summed E-state index contributed by atoms with van der Waals surface area (Å²) in [7, 11) is 0. The number of aromatic nitrogens is 2. The molecule has 0 aliphatic carbocycles. The van der Waals surface area contributed by atoms with E-state index in [0.717, 1.165) is 38.8 Å². The van der Waals surface area contributed by atoms with E-state index in [1.54, 1.807) is 4.57 Å². The highest BCUT2D eigenvalue weighted by atomic mass is 32.2. The van der Waals surface area contributed by atoms with E-state index in [4.69, 9.17) is 9.72 Å². The fourth-order valence-corrected chi connectivity index (χ4v) is 4.98. The number of nitrogens with zero attached hydrogens (tertiary/aromatic N) is 3. The normalized spacial score (nSPS) is 22.7. The molecule has 2 atom stereocenters. The molecule has 2 aliphatic heterocycles. The first-order chi connectivity index (χ1) is 13.6. The van der Waals surface area contributed by atoms with Gasteiger partial charge in [-0.3, -0.25) is 14.2 Å². The van der Waals surface area contributed by atoms with E-state index >= 15 is 0 Å². The van der Waals surface area contributed by atoms with Crippen molar-refractivity contribution < 1.29 is 9.53 Å². The van der Waals surface area contributed by atoms with Gasteiger partial charge in [-0.15, -0.1) is 0 Å². The first-order valence-corrected chi connectivity index (χ1v) is 11.2. The van der Waals surface area contributed by atoms with Crippen LogP contribution in [0.3, 0.4) is 0 Å². The maximum atomic E-state index is 13.1. The lowest BCUT2D eigenvalue weighted by atomic mass is 10.0. The smallest absolute Gasteiger partial charge is 0.262 e. The predicted molar refractivity (Wildman–Crippen MR) is 111 cm³/mol. The minimum absolute atomic E-state index is 0.0397. The van der Waals surface area contributed by atoms with Crippen LogP contribution in [0.15, 0.2) is 34.2 Å². The van der Waals surface area contributed by atoms with Gasteiger partial charge in [-0.05, 0) is 51.2 Å². The van der Waals surface area contributed by atoms with Crippen molar-refractivity contribution in [1.29, 1.82) is 0 Å². The van der Waals surface area contributed by atoms with Crippen molar-refractivity contribution in [3.8, 4) is 0 Å². The Balaban J connectivity index is 1.59. The topological polar surface area (TPSA) is 64.4 Å². The van der Waals surface area contributed by atoms with Gasteiger partial charge in [0.2, 0.25) is 5.91 Å². The van der Waals surface area contributed by atoms with Crippen LogP contribution in [-0.2, 0) is 16.1 Å². The lowest BCUT2D eigenvalue weighted by molar-refractivity contribution is -0.131. The molecule has 0 saturated carbocycles. The molecule has 0 N–H and O–H groups in total. The molecular formula is C21H27N3O3S. The first-order valence-electron chi connectivity index (χ1n) is 10.2. The molecule has 2 aromatic rings. The van der Waals surface area contributed by atoms with E-state index in [2.05, 4.69) is 6.92 Å². The van der Waals surface area contributed by atoms with Gasteiger partial charge in [-0.2, -0.15) is 0 Å². The molecule has 0 radical (unpaired) electrons. The van der Waals surface area contributed by atoms with Gasteiger partial charge in [-0.25, -0.2) is 4.98 Å². The maximum absolute atomic E-state index is 13.1. The van der Waals surface area contributed by atoms with Crippen LogP contribution in [0.5, 0.6) is 0 Å². The van der Waals surface area contributed by atoms with Crippen molar-refractivity contribution in [2.24, 2.45) is 0 Å². The van der Waals surface area contributed by atoms with Gasteiger partial charge >= 0.3 is 0 Å².